The number of methoxy groups -OCH3 is 2. The summed E-state index contributed by atoms with van der Waals surface area (Å²) < 4.78 is 23.5. The molecule has 0 unspecified atom stereocenters. The number of hydrogen-bond acceptors (Lipinski definition) is 7. The normalized spacial score (nSPS) is 11.4. The summed E-state index contributed by atoms with van der Waals surface area (Å²) in [6, 6.07) is 11.9. The molecule has 0 aliphatic rings. The molecule has 0 spiro atoms. The number of halogens is 1. The Balaban J connectivity index is 1.60. The first kappa shape index (κ1) is 19.7. The quantitative estimate of drug-likeness (QED) is 0.336. The van der Waals surface area contributed by atoms with Gasteiger partial charge in [-0.15, -0.1) is 5.10 Å². The predicted molar refractivity (Wildman–Crippen MR) is 108 cm³/mol. The first-order valence-corrected chi connectivity index (χ1v) is 9.40. The molecule has 0 saturated heterocycles. The molecule has 28 heavy (non-hydrogen) atoms. The minimum absolute atomic E-state index is 0.249. The van der Waals surface area contributed by atoms with E-state index >= 15 is 0 Å². The molecule has 2 aromatic carbocycles. The van der Waals surface area contributed by atoms with E-state index in [1.165, 1.54) is 23.9 Å². The first-order chi connectivity index (χ1) is 13.6. The number of aromatic nitrogens is 3. The minimum Gasteiger partial charge on any atom is -0.493 e. The molecule has 3 rings (SSSR count). The number of nitrogens with zero attached hydrogens (tertiary/aromatic N) is 3. The van der Waals surface area contributed by atoms with Gasteiger partial charge in [0.25, 0.3) is 0 Å². The maximum Gasteiger partial charge on any atom is 0.240 e. The molecule has 0 fully saturated rings. The van der Waals surface area contributed by atoms with Crippen LogP contribution in [-0.4, -0.2) is 35.1 Å². The lowest BCUT2D eigenvalue weighted by Gasteiger charge is -2.09. The van der Waals surface area contributed by atoms with E-state index in [4.69, 9.17) is 9.47 Å². The van der Waals surface area contributed by atoms with Crippen molar-refractivity contribution >= 4 is 23.4 Å². The SMILES string of the molecule is COc1ccc(/C(C)=N/Nc2nc(SCc3ccc(F)cc3)n[nH]2)cc1OC. The van der Waals surface area contributed by atoms with E-state index in [-0.39, 0.29) is 5.82 Å². The largest absolute Gasteiger partial charge is 0.493 e. The highest BCUT2D eigenvalue weighted by Crippen LogP contribution is 2.27. The monoisotopic (exact) mass is 401 g/mol. The lowest BCUT2D eigenvalue weighted by Crippen LogP contribution is -2.02. The number of rotatable bonds is 8. The Bertz CT molecular complexity index is 959. The molecule has 0 amide bonds. The Morgan fingerprint density at radius 2 is 1.89 bits per heavy atom. The van der Waals surface area contributed by atoms with E-state index in [0.717, 1.165) is 16.8 Å². The second kappa shape index (κ2) is 9.23. The van der Waals surface area contributed by atoms with Gasteiger partial charge in [-0.3, -0.25) is 0 Å². The van der Waals surface area contributed by atoms with E-state index in [2.05, 4.69) is 25.7 Å². The van der Waals surface area contributed by atoms with Gasteiger partial charge in [-0.1, -0.05) is 23.9 Å². The van der Waals surface area contributed by atoms with Crippen molar-refractivity contribution in [2.24, 2.45) is 5.10 Å². The Morgan fingerprint density at radius 3 is 2.61 bits per heavy atom. The lowest BCUT2D eigenvalue weighted by molar-refractivity contribution is 0.355. The molecule has 9 heteroatoms. The van der Waals surface area contributed by atoms with E-state index < -0.39 is 0 Å². The number of hydrogen-bond donors (Lipinski definition) is 2. The van der Waals surface area contributed by atoms with E-state index in [0.29, 0.717) is 28.4 Å². The number of H-pyrrole nitrogens is 1. The Morgan fingerprint density at radius 1 is 1.14 bits per heavy atom. The van der Waals surface area contributed by atoms with Gasteiger partial charge < -0.3 is 9.47 Å². The van der Waals surface area contributed by atoms with Gasteiger partial charge >= 0.3 is 0 Å². The van der Waals surface area contributed by atoms with Crippen LogP contribution in [0.2, 0.25) is 0 Å². The summed E-state index contributed by atoms with van der Waals surface area (Å²) in [4.78, 5) is 4.33. The number of hydrazone groups is 1. The smallest absolute Gasteiger partial charge is 0.240 e. The number of thioether (sulfide) groups is 1. The number of anilines is 1. The molecule has 0 radical (unpaired) electrons. The fraction of sp³-hybridized carbons (Fsp3) is 0.211. The van der Waals surface area contributed by atoms with Gasteiger partial charge in [0.05, 0.1) is 19.9 Å². The molecule has 2 N–H and O–H groups in total. The van der Waals surface area contributed by atoms with Crippen LogP contribution in [0.1, 0.15) is 18.1 Å². The summed E-state index contributed by atoms with van der Waals surface area (Å²) in [5.41, 5.74) is 5.49. The molecule has 0 atom stereocenters. The van der Waals surface area contributed by atoms with Gasteiger partial charge in [0.2, 0.25) is 11.1 Å². The van der Waals surface area contributed by atoms with Gasteiger partial charge in [-0.05, 0) is 42.8 Å². The molecule has 7 nitrogen and oxygen atoms in total. The van der Waals surface area contributed by atoms with Crippen LogP contribution in [0, 0.1) is 5.82 Å². The van der Waals surface area contributed by atoms with Crippen LogP contribution < -0.4 is 14.9 Å². The topological polar surface area (TPSA) is 84.4 Å². The van der Waals surface area contributed by atoms with Crippen LogP contribution >= 0.6 is 11.8 Å². The zero-order chi connectivity index (χ0) is 19.9. The standard InChI is InChI=1S/C19H20FN5O2S/c1-12(14-6-9-16(26-2)17(10-14)27-3)22-23-18-21-19(25-24-18)28-11-13-4-7-15(20)8-5-13/h4-10H,11H2,1-3H3,(H2,21,23,24,25)/b22-12+. The Hall–Kier alpha value is -3.07. The number of ether oxygens (including phenoxy) is 2. The van der Waals surface area contributed by atoms with Gasteiger partial charge in [0.15, 0.2) is 11.5 Å². The zero-order valence-corrected chi connectivity index (χ0v) is 16.5. The number of benzene rings is 2. The molecule has 0 bridgehead atoms. The summed E-state index contributed by atoms with van der Waals surface area (Å²) >= 11 is 1.45. The van der Waals surface area contributed by atoms with Gasteiger partial charge in [0, 0.05) is 11.3 Å². The summed E-state index contributed by atoms with van der Waals surface area (Å²) in [5, 5.41) is 11.8. The fourth-order valence-corrected chi connectivity index (χ4v) is 3.11. The molecular formula is C19H20FN5O2S. The molecular weight excluding hydrogens is 381 g/mol. The summed E-state index contributed by atoms with van der Waals surface area (Å²) in [7, 11) is 3.18. The molecule has 0 aliphatic heterocycles. The summed E-state index contributed by atoms with van der Waals surface area (Å²) in [6.07, 6.45) is 0. The molecule has 3 aromatic rings. The van der Waals surface area contributed by atoms with E-state index in [1.54, 1.807) is 26.4 Å². The average Bonchev–Trinajstić information content (AvgIpc) is 3.19. The Labute approximate surface area is 166 Å². The van der Waals surface area contributed by atoms with Crippen LogP contribution in [0.4, 0.5) is 10.3 Å². The molecule has 0 saturated carbocycles. The third kappa shape index (κ3) is 5.01. The van der Waals surface area contributed by atoms with Crippen molar-refractivity contribution in [2.75, 3.05) is 19.6 Å². The van der Waals surface area contributed by atoms with Crippen molar-refractivity contribution in [1.82, 2.24) is 15.2 Å². The number of nitrogens with one attached hydrogen (secondary N) is 2. The maximum absolute atomic E-state index is 12.9. The second-order valence-electron chi connectivity index (χ2n) is 5.76. The predicted octanol–water partition coefficient (Wildman–Crippen LogP) is 4.09. The van der Waals surface area contributed by atoms with Crippen molar-refractivity contribution in [2.45, 2.75) is 17.8 Å². The molecule has 1 heterocycles. The molecule has 146 valence electrons. The van der Waals surface area contributed by atoms with Crippen LogP contribution in [0.25, 0.3) is 0 Å². The van der Waals surface area contributed by atoms with Crippen LogP contribution in [0.3, 0.4) is 0 Å². The van der Waals surface area contributed by atoms with Crippen molar-refractivity contribution in [3.05, 3.63) is 59.4 Å². The van der Waals surface area contributed by atoms with Crippen molar-refractivity contribution < 1.29 is 13.9 Å². The van der Waals surface area contributed by atoms with Gasteiger partial charge in [-0.25, -0.2) is 14.9 Å². The van der Waals surface area contributed by atoms with E-state index in [9.17, 15) is 4.39 Å². The van der Waals surface area contributed by atoms with Gasteiger partial charge in [-0.2, -0.15) is 10.1 Å². The highest BCUT2D eigenvalue weighted by atomic mass is 32.2. The van der Waals surface area contributed by atoms with E-state index in [1.807, 2.05) is 25.1 Å². The molecule has 0 aliphatic carbocycles. The zero-order valence-electron chi connectivity index (χ0n) is 15.7. The lowest BCUT2D eigenvalue weighted by atomic mass is 10.1. The van der Waals surface area contributed by atoms with Crippen LogP contribution in [0.5, 0.6) is 11.5 Å². The fourth-order valence-electron chi connectivity index (χ4n) is 2.35. The van der Waals surface area contributed by atoms with Crippen LogP contribution in [0.15, 0.2) is 52.7 Å². The highest BCUT2D eigenvalue weighted by molar-refractivity contribution is 7.98. The summed E-state index contributed by atoms with van der Waals surface area (Å²) in [6.45, 7) is 1.87. The maximum atomic E-state index is 12.9. The second-order valence-corrected chi connectivity index (χ2v) is 6.70. The van der Waals surface area contributed by atoms with Gasteiger partial charge in [0.1, 0.15) is 5.82 Å². The van der Waals surface area contributed by atoms with Crippen LogP contribution in [-0.2, 0) is 5.75 Å². The molecule has 1 aromatic heterocycles. The van der Waals surface area contributed by atoms with Crippen molar-refractivity contribution in [3.8, 4) is 11.5 Å². The van der Waals surface area contributed by atoms with Crippen molar-refractivity contribution in [3.63, 3.8) is 0 Å². The summed E-state index contributed by atoms with van der Waals surface area (Å²) in [5.74, 6) is 2.12. The van der Waals surface area contributed by atoms with Crippen molar-refractivity contribution in [1.29, 1.82) is 0 Å². The Kier molecular flexibility index (Phi) is 6.49. The number of aromatic amines is 1. The third-order valence-corrected chi connectivity index (χ3v) is 4.80. The average molecular weight is 401 g/mol. The first-order valence-electron chi connectivity index (χ1n) is 8.41. The third-order valence-electron chi connectivity index (χ3n) is 3.88. The minimum atomic E-state index is -0.249. The highest BCUT2D eigenvalue weighted by Gasteiger charge is 2.08.